The normalized spacial score (nSPS) is 13.9. The summed E-state index contributed by atoms with van der Waals surface area (Å²) in [5.41, 5.74) is 1.37. The van der Waals surface area contributed by atoms with Crippen molar-refractivity contribution in [3.05, 3.63) is 53.1 Å². The minimum Gasteiger partial charge on any atom is -0.350 e. The van der Waals surface area contributed by atoms with E-state index in [2.05, 4.69) is 10.4 Å². The van der Waals surface area contributed by atoms with E-state index in [4.69, 9.17) is 0 Å². The number of carbonyl (C=O) groups is 2. The van der Waals surface area contributed by atoms with Crippen LogP contribution in [0.4, 0.5) is 4.39 Å². The molecule has 1 aromatic carbocycles. The molecule has 1 aromatic heterocycles. The minimum atomic E-state index is -0.323. The third-order valence-electron chi connectivity index (χ3n) is 4.03. The quantitative estimate of drug-likeness (QED) is 0.903. The Bertz CT molecular complexity index is 800. The van der Waals surface area contributed by atoms with Gasteiger partial charge in [-0.3, -0.25) is 14.3 Å². The Labute approximate surface area is 145 Å². The second-order valence-corrected chi connectivity index (χ2v) is 6.60. The lowest BCUT2D eigenvalue weighted by Crippen LogP contribution is -2.39. The standard InChI is InChI=1S/C18H21FN4O2/c1-12(2)10-20-17(24)15-9-16-18(25)22(6-7-23(16)21-15)11-13-4-3-5-14(19)8-13/h3-5,8-9,12H,6-7,10-11H2,1-2H3,(H,20,24). The summed E-state index contributed by atoms with van der Waals surface area (Å²) in [6, 6.07) is 7.73. The van der Waals surface area contributed by atoms with Crippen LogP contribution in [0.15, 0.2) is 30.3 Å². The number of benzene rings is 1. The monoisotopic (exact) mass is 344 g/mol. The molecule has 1 N–H and O–H groups in total. The molecule has 0 fully saturated rings. The number of fused-ring (bicyclic) bond motifs is 1. The molecule has 0 saturated carbocycles. The van der Waals surface area contributed by atoms with Crippen molar-refractivity contribution in [1.29, 1.82) is 0 Å². The molecular formula is C18H21FN4O2. The van der Waals surface area contributed by atoms with E-state index in [1.54, 1.807) is 21.7 Å². The van der Waals surface area contributed by atoms with Crippen molar-refractivity contribution < 1.29 is 14.0 Å². The molecule has 1 aliphatic rings. The molecule has 0 atom stereocenters. The fourth-order valence-corrected chi connectivity index (χ4v) is 2.74. The number of halogens is 1. The predicted octanol–water partition coefficient (Wildman–Crippen LogP) is 2.06. The van der Waals surface area contributed by atoms with Crippen LogP contribution >= 0.6 is 0 Å². The first-order valence-corrected chi connectivity index (χ1v) is 8.34. The van der Waals surface area contributed by atoms with Gasteiger partial charge >= 0.3 is 0 Å². The highest BCUT2D eigenvalue weighted by atomic mass is 19.1. The van der Waals surface area contributed by atoms with Gasteiger partial charge in [-0.2, -0.15) is 5.10 Å². The van der Waals surface area contributed by atoms with E-state index in [-0.39, 0.29) is 23.3 Å². The molecule has 0 saturated heterocycles. The zero-order chi connectivity index (χ0) is 18.0. The van der Waals surface area contributed by atoms with Crippen molar-refractivity contribution in [1.82, 2.24) is 20.0 Å². The highest BCUT2D eigenvalue weighted by Gasteiger charge is 2.28. The molecule has 6 nitrogen and oxygen atoms in total. The Morgan fingerprint density at radius 3 is 2.84 bits per heavy atom. The molecule has 0 spiro atoms. The van der Waals surface area contributed by atoms with Crippen molar-refractivity contribution in [3.63, 3.8) is 0 Å². The van der Waals surface area contributed by atoms with Crippen LogP contribution in [0.5, 0.6) is 0 Å². The Morgan fingerprint density at radius 2 is 2.12 bits per heavy atom. The second kappa shape index (κ2) is 7.04. The summed E-state index contributed by atoms with van der Waals surface area (Å²) in [7, 11) is 0. The Balaban J connectivity index is 1.73. The number of hydrogen-bond donors (Lipinski definition) is 1. The van der Waals surface area contributed by atoms with Crippen molar-refractivity contribution in [2.45, 2.75) is 26.9 Å². The van der Waals surface area contributed by atoms with Crippen LogP contribution in [0.2, 0.25) is 0 Å². The summed E-state index contributed by atoms with van der Waals surface area (Å²) in [5, 5.41) is 7.03. The third kappa shape index (κ3) is 3.87. The molecule has 3 rings (SSSR count). The number of aromatic nitrogens is 2. The first-order chi connectivity index (χ1) is 11.9. The Hall–Kier alpha value is -2.70. The first-order valence-electron chi connectivity index (χ1n) is 8.34. The number of hydrogen-bond acceptors (Lipinski definition) is 3. The van der Waals surface area contributed by atoms with Gasteiger partial charge < -0.3 is 10.2 Å². The van der Waals surface area contributed by atoms with E-state index in [0.717, 1.165) is 5.56 Å². The van der Waals surface area contributed by atoms with Crippen LogP contribution < -0.4 is 5.32 Å². The lowest BCUT2D eigenvalue weighted by atomic mass is 10.2. The number of rotatable bonds is 5. The number of nitrogens with one attached hydrogen (secondary N) is 1. The number of amides is 2. The Kier molecular flexibility index (Phi) is 4.83. The highest BCUT2D eigenvalue weighted by molar-refractivity contribution is 5.98. The summed E-state index contributed by atoms with van der Waals surface area (Å²) in [5.74, 6) is -0.466. The fraction of sp³-hybridized carbons (Fsp3) is 0.389. The van der Waals surface area contributed by atoms with Crippen molar-refractivity contribution in [3.8, 4) is 0 Å². The van der Waals surface area contributed by atoms with Gasteiger partial charge in [0.15, 0.2) is 5.69 Å². The molecule has 132 valence electrons. The highest BCUT2D eigenvalue weighted by Crippen LogP contribution is 2.17. The van der Waals surface area contributed by atoms with Gasteiger partial charge in [0.2, 0.25) is 0 Å². The maximum atomic E-state index is 13.3. The summed E-state index contributed by atoms with van der Waals surface area (Å²) in [6.07, 6.45) is 0. The van der Waals surface area contributed by atoms with E-state index in [1.165, 1.54) is 18.2 Å². The van der Waals surface area contributed by atoms with Crippen molar-refractivity contribution in [2.24, 2.45) is 5.92 Å². The van der Waals surface area contributed by atoms with Gasteiger partial charge in [0, 0.05) is 25.7 Å². The van der Waals surface area contributed by atoms with Gasteiger partial charge in [-0.15, -0.1) is 0 Å². The molecule has 2 heterocycles. The first kappa shape index (κ1) is 17.1. The lowest BCUT2D eigenvalue weighted by molar-refractivity contribution is 0.0683. The lowest BCUT2D eigenvalue weighted by Gasteiger charge is -2.27. The van der Waals surface area contributed by atoms with Gasteiger partial charge in [0.05, 0.1) is 6.54 Å². The van der Waals surface area contributed by atoms with Crippen LogP contribution in [0.25, 0.3) is 0 Å². The minimum absolute atomic E-state index is 0.203. The van der Waals surface area contributed by atoms with Crippen LogP contribution in [-0.2, 0) is 13.1 Å². The largest absolute Gasteiger partial charge is 0.350 e. The van der Waals surface area contributed by atoms with E-state index < -0.39 is 0 Å². The fourth-order valence-electron chi connectivity index (χ4n) is 2.74. The maximum Gasteiger partial charge on any atom is 0.272 e. The van der Waals surface area contributed by atoms with E-state index in [0.29, 0.717) is 37.8 Å². The van der Waals surface area contributed by atoms with E-state index >= 15 is 0 Å². The van der Waals surface area contributed by atoms with Crippen molar-refractivity contribution in [2.75, 3.05) is 13.1 Å². The van der Waals surface area contributed by atoms with E-state index in [9.17, 15) is 14.0 Å². The summed E-state index contributed by atoms with van der Waals surface area (Å²) < 4.78 is 14.9. The topological polar surface area (TPSA) is 67.2 Å². The van der Waals surface area contributed by atoms with Crippen LogP contribution in [0.1, 0.15) is 40.4 Å². The van der Waals surface area contributed by atoms with Gasteiger partial charge in [-0.1, -0.05) is 26.0 Å². The Morgan fingerprint density at radius 1 is 1.32 bits per heavy atom. The van der Waals surface area contributed by atoms with Gasteiger partial charge in [-0.05, 0) is 23.6 Å². The maximum absolute atomic E-state index is 13.3. The third-order valence-corrected chi connectivity index (χ3v) is 4.03. The average molecular weight is 344 g/mol. The smallest absolute Gasteiger partial charge is 0.272 e. The number of carbonyl (C=O) groups excluding carboxylic acids is 2. The molecule has 25 heavy (non-hydrogen) atoms. The molecule has 2 aromatic rings. The van der Waals surface area contributed by atoms with Gasteiger partial charge in [0.1, 0.15) is 11.5 Å². The zero-order valence-electron chi connectivity index (χ0n) is 14.3. The van der Waals surface area contributed by atoms with Crippen LogP contribution in [0, 0.1) is 11.7 Å². The van der Waals surface area contributed by atoms with Gasteiger partial charge in [0.25, 0.3) is 11.8 Å². The van der Waals surface area contributed by atoms with E-state index in [1.807, 2.05) is 13.8 Å². The molecule has 0 bridgehead atoms. The van der Waals surface area contributed by atoms with Gasteiger partial charge in [-0.25, -0.2) is 4.39 Å². The molecule has 0 unspecified atom stereocenters. The molecular weight excluding hydrogens is 323 g/mol. The molecule has 2 amide bonds. The zero-order valence-corrected chi connectivity index (χ0v) is 14.3. The molecule has 0 aliphatic carbocycles. The van der Waals surface area contributed by atoms with Crippen LogP contribution in [0.3, 0.4) is 0 Å². The molecule has 7 heteroatoms. The summed E-state index contributed by atoms with van der Waals surface area (Å²) in [6.45, 7) is 5.88. The average Bonchev–Trinajstić information content (AvgIpc) is 3.00. The SMILES string of the molecule is CC(C)CNC(=O)c1cc2n(n1)CCN(Cc1cccc(F)c1)C2=O. The van der Waals surface area contributed by atoms with Crippen LogP contribution in [-0.4, -0.2) is 39.6 Å². The molecule has 1 aliphatic heterocycles. The summed E-state index contributed by atoms with van der Waals surface area (Å²) >= 11 is 0. The summed E-state index contributed by atoms with van der Waals surface area (Å²) in [4.78, 5) is 26.4. The van der Waals surface area contributed by atoms with Crippen molar-refractivity contribution >= 4 is 11.8 Å². The molecule has 0 radical (unpaired) electrons. The number of nitrogens with zero attached hydrogens (tertiary/aromatic N) is 3. The predicted molar refractivity (Wildman–Crippen MR) is 90.5 cm³/mol. The second-order valence-electron chi connectivity index (χ2n) is 6.60.